The van der Waals surface area contributed by atoms with Gasteiger partial charge in [0.05, 0.1) is 0 Å². The van der Waals surface area contributed by atoms with Crippen LogP contribution in [0.15, 0.2) is 30.3 Å². The molecule has 2 aromatic rings. The largest absolute Gasteiger partial charge is 0.449 e. The fraction of sp³-hybridized carbons (Fsp3) is 0. The Kier molecular flexibility index (Phi) is 2.01. The van der Waals surface area contributed by atoms with Crippen molar-refractivity contribution in [1.29, 1.82) is 0 Å². The van der Waals surface area contributed by atoms with Gasteiger partial charge in [0.1, 0.15) is 0 Å². The second-order valence-corrected chi connectivity index (χ2v) is 3.46. The molecule has 0 amide bonds. The van der Waals surface area contributed by atoms with E-state index in [1.165, 1.54) is 0 Å². The Morgan fingerprint density at radius 1 is 0.765 bits per heavy atom. The lowest BCUT2D eigenvalue weighted by molar-refractivity contribution is 0.323. The van der Waals surface area contributed by atoms with Crippen LogP contribution in [-0.4, -0.2) is 0 Å². The highest BCUT2D eigenvalue weighted by atomic mass is 19.2. The molecule has 0 saturated carbocycles. The fourth-order valence-electron chi connectivity index (χ4n) is 1.57. The van der Waals surface area contributed by atoms with E-state index in [2.05, 4.69) is 0 Å². The van der Waals surface area contributed by atoms with E-state index in [-0.39, 0.29) is 11.5 Å². The highest BCUT2D eigenvalue weighted by Gasteiger charge is 2.26. The Hall–Kier alpha value is -2.17. The van der Waals surface area contributed by atoms with E-state index in [4.69, 9.17) is 9.47 Å². The summed E-state index contributed by atoms with van der Waals surface area (Å²) in [6, 6.07) is 7.22. The van der Waals surface area contributed by atoms with Crippen LogP contribution in [0.1, 0.15) is 0 Å². The van der Waals surface area contributed by atoms with E-state index in [1.807, 2.05) is 0 Å². The van der Waals surface area contributed by atoms with Crippen molar-refractivity contribution >= 4 is 0 Å². The molecule has 0 aliphatic carbocycles. The average molecular weight is 238 g/mol. The first-order chi connectivity index (χ1) is 8.16. The molecule has 0 saturated heterocycles. The molecule has 17 heavy (non-hydrogen) atoms. The van der Waals surface area contributed by atoms with Gasteiger partial charge in [0.2, 0.25) is 11.6 Å². The van der Waals surface area contributed by atoms with Crippen molar-refractivity contribution < 1.29 is 22.6 Å². The van der Waals surface area contributed by atoms with Crippen molar-refractivity contribution in [1.82, 2.24) is 0 Å². The standard InChI is InChI=1S/C12H5F3O2/c13-6-5-9-12(11(15)10(6)14)17-8-4-2-1-3-7(8)16-9/h1-5H. The third kappa shape index (κ3) is 1.43. The maximum Gasteiger partial charge on any atom is 0.208 e. The number of rotatable bonds is 0. The molecule has 0 radical (unpaired) electrons. The Morgan fingerprint density at radius 2 is 1.41 bits per heavy atom. The molecule has 0 fully saturated rings. The van der Waals surface area contributed by atoms with Gasteiger partial charge >= 0.3 is 0 Å². The number of fused-ring (bicyclic) bond motifs is 2. The molecule has 1 aliphatic heterocycles. The summed E-state index contributed by atoms with van der Waals surface area (Å²) in [6.07, 6.45) is 0. The van der Waals surface area contributed by atoms with E-state index in [9.17, 15) is 13.2 Å². The number of hydrogen-bond acceptors (Lipinski definition) is 2. The Bertz CT molecular complexity index is 611. The monoisotopic (exact) mass is 238 g/mol. The van der Waals surface area contributed by atoms with Crippen molar-refractivity contribution in [3.05, 3.63) is 47.8 Å². The van der Waals surface area contributed by atoms with E-state index in [0.29, 0.717) is 5.75 Å². The van der Waals surface area contributed by atoms with Gasteiger partial charge < -0.3 is 9.47 Å². The highest BCUT2D eigenvalue weighted by molar-refractivity contribution is 5.55. The van der Waals surface area contributed by atoms with Gasteiger partial charge in [-0.15, -0.1) is 0 Å². The first-order valence-electron chi connectivity index (χ1n) is 4.79. The summed E-state index contributed by atoms with van der Waals surface area (Å²) in [7, 11) is 0. The summed E-state index contributed by atoms with van der Waals surface area (Å²) in [6.45, 7) is 0. The maximum atomic E-state index is 13.4. The topological polar surface area (TPSA) is 18.5 Å². The lowest BCUT2D eigenvalue weighted by atomic mass is 10.2. The molecule has 0 unspecified atom stereocenters. The zero-order chi connectivity index (χ0) is 12.0. The number of para-hydroxylation sites is 2. The molecular weight excluding hydrogens is 233 g/mol. The summed E-state index contributed by atoms with van der Waals surface area (Å²) >= 11 is 0. The minimum atomic E-state index is -1.58. The third-order valence-corrected chi connectivity index (χ3v) is 2.36. The molecule has 2 nitrogen and oxygen atoms in total. The van der Waals surface area contributed by atoms with Gasteiger partial charge in [-0.1, -0.05) is 12.1 Å². The van der Waals surface area contributed by atoms with Crippen molar-refractivity contribution in [2.24, 2.45) is 0 Å². The van der Waals surface area contributed by atoms with Gasteiger partial charge in [0.25, 0.3) is 0 Å². The van der Waals surface area contributed by atoms with Crippen molar-refractivity contribution in [2.75, 3.05) is 0 Å². The second-order valence-electron chi connectivity index (χ2n) is 3.46. The molecule has 86 valence electrons. The number of hydrogen-bond donors (Lipinski definition) is 0. The van der Waals surface area contributed by atoms with Gasteiger partial charge in [0.15, 0.2) is 28.9 Å². The van der Waals surface area contributed by atoms with Crippen LogP contribution >= 0.6 is 0 Å². The average Bonchev–Trinajstić information content (AvgIpc) is 2.34. The summed E-state index contributed by atoms with van der Waals surface area (Å²) in [5.41, 5.74) is 0. The molecule has 1 aliphatic rings. The zero-order valence-electron chi connectivity index (χ0n) is 8.34. The summed E-state index contributed by atoms with van der Waals surface area (Å²) < 4.78 is 49.8. The molecule has 0 atom stereocenters. The van der Waals surface area contributed by atoms with Crippen LogP contribution < -0.4 is 9.47 Å². The molecule has 0 bridgehead atoms. The van der Waals surface area contributed by atoms with Crippen LogP contribution in [0.2, 0.25) is 0 Å². The van der Waals surface area contributed by atoms with Gasteiger partial charge in [-0.2, -0.15) is 4.39 Å². The van der Waals surface area contributed by atoms with Gasteiger partial charge in [0, 0.05) is 6.07 Å². The van der Waals surface area contributed by atoms with E-state index >= 15 is 0 Å². The molecule has 0 N–H and O–H groups in total. The SMILES string of the molecule is Fc1cc2c(c(F)c1F)Oc1ccccc1O2. The quantitative estimate of drug-likeness (QED) is 0.551. The molecule has 0 spiro atoms. The highest BCUT2D eigenvalue weighted by Crippen LogP contribution is 2.47. The molecule has 2 aromatic carbocycles. The van der Waals surface area contributed by atoms with Crippen LogP contribution in [0.3, 0.4) is 0 Å². The minimum absolute atomic E-state index is 0.180. The summed E-state index contributed by atoms with van der Waals surface area (Å²) in [5.74, 6) is -4.33. The normalized spacial score (nSPS) is 12.2. The Balaban J connectivity index is 2.18. The van der Waals surface area contributed by atoms with Crippen molar-refractivity contribution in [3.63, 3.8) is 0 Å². The lowest BCUT2D eigenvalue weighted by Crippen LogP contribution is -2.04. The minimum Gasteiger partial charge on any atom is -0.449 e. The molecule has 3 rings (SSSR count). The van der Waals surface area contributed by atoms with Gasteiger partial charge in [-0.3, -0.25) is 0 Å². The summed E-state index contributed by atoms with van der Waals surface area (Å²) in [5, 5.41) is 0. The zero-order valence-corrected chi connectivity index (χ0v) is 8.34. The van der Waals surface area contributed by atoms with Gasteiger partial charge in [-0.05, 0) is 12.1 Å². The van der Waals surface area contributed by atoms with Crippen molar-refractivity contribution in [3.8, 4) is 23.0 Å². The first-order valence-corrected chi connectivity index (χ1v) is 4.79. The van der Waals surface area contributed by atoms with Crippen LogP contribution in [0, 0.1) is 17.5 Å². The third-order valence-electron chi connectivity index (χ3n) is 2.36. The van der Waals surface area contributed by atoms with Crippen LogP contribution in [-0.2, 0) is 0 Å². The number of benzene rings is 2. The number of ether oxygens (including phenoxy) is 2. The first kappa shape index (κ1) is 10.0. The van der Waals surface area contributed by atoms with Crippen LogP contribution in [0.4, 0.5) is 13.2 Å². The Morgan fingerprint density at radius 3 is 2.12 bits per heavy atom. The summed E-state index contributed by atoms with van der Waals surface area (Å²) in [4.78, 5) is 0. The predicted octanol–water partition coefficient (Wildman–Crippen LogP) is 4.00. The van der Waals surface area contributed by atoms with Crippen LogP contribution in [0.5, 0.6) is 23.0 Å². The number of halogens is 3. The van der Waals surface area contributed by atoms with Crippen LogP contribution in [0.25, 0.3) is 0 Å². The van der Waals surface area contributed by atoms with E-state index < -0.39 is 23.2 Å². The van der Waals surface area contributed by atoms with E-state index in [1.54, 1.807) is 24.3 Å². The molecule has 5 heteroatoms. The van der Waals surface area contributed by atoms with E-state index in [0.717, 1.165) is 6.07 Å². The Labute approximate surface area is 94.2 Å². The van der Waals surface area contributed by atoms with Crippen molar-refractivity contribution in [2.45, 2.75) is 0 Å². The smallest absolute Gasteiger partial charge is 0.208 e. The maximum absolute atomic E-state index is 13.4. The second kappa shape index (κ2) is 3.41. The lowest BCUT2D eigenvalue weighted by Gasteiger charge is -2.20. The fourth-order valence-corrected chi connectivity index (χ4v) is 1.57. The molecule has 1 heterocycles. The van der Waals surface area contributed by atoms with Gasteiger partial charge in [-0.25, -0.2) is 8.78 Å². The molecule has 0 aromatic heterocycles. The molecular formula is C12H5F3O2. The predicted molar refractivity (Wildman–Crippen MR) is 52.9 cm³/mol.